The van der Waals surface area contributed by atoms with E-state index in [4.69, 9.17) is 9.47 Å². The normalized spacial score (nSPS) is 18.3. The Morgan fingerprint density at radius 2 is 1.07 bits per heavy atom. The van der Waals surface area contributed by atoms with Crippen LogP contribution in [-0.4, -0.2) is 38.0 Å². The van der Waals surface area contributed by atoms with E-state index < -0.39 is 11.9 Å². The molecular weight excluding hydrogens is 585 g/mol. The minimum atomic E-state index is -0.435. The van der Waals surface area contributed by atoms with E-state index in [1.54, 1.807) is 0 Å². The zero-order valence-electron chi connectivity index (χ0n) is 26.8. The Kier molecular flexibility index (Phi) is 10.1. The lowest BCUT2D eigenvalue weighted by Gasteiger charge is -2.33. The summed E-state index contributed by atoms with van der Waals surface area (Å²) < 4.78 is 10.1. The fourth-order valence-electron chi connectivity index (χ4n) is 6.25. The summed E-state index contributed by atoms with van der Waals surface area (Å²) in [4.78, 5) is 53.5. The molecule has 2 N–H and O–H groups in total. The van der Waals surface area contributed by atoms with E-state index in [2.05, 4.69) is 52.2 Å². The van der Waals surface area contributed by atoms with Crippen LogP contribution in [0.3, 0.4) is 0 Å². The molecule has 8 nitrogen and oxygen atoms in total. The van der Waals surface area contributed by atoms with Crippen LogP contribution in [0.25, 0.3) is 0 Å². The van der Waals surface area contributed by atoms with Crippen molar-refractivity contribution in [3.05, 3.63) is 32.0 Å². The van der Waals surface area contributed by atoms with Crippen molar-refractivity contribution < 1.29 is 28.7 Å². The van der Waals surface area contributed by atoms with Gasteiger partial charge in [0.15, 0.2) is 0 Å². The van der Waals surface area contributed by atoms with Gasteiger partial charge < -0.3 is 20.1 Å². The van der Waals surface area contributed by atoms with Crippen LogP contribution in [0.2, 0.25) is 0 Å². The lowest BCUT2D eigenvalue weighted by Crippen LogP contribution is -2.26. The van der Waals surface area contributed by atoms with Crippen molar-refractivity contribution >= 4 is 56.4 Å². The van der Waals surface area contributed by atoms with Gasteiger partial charge in [-0.1, -0.05) is 41.5 Å². The van der Waals surface area contributed by atoms with Gasteiger partial charge in [-0.15, -0.1) is 22.7 Å². The molecule has 10 heteroatoms. The smallest absolute Gasteiger partial charge is 0.341 e. The zero-order valence-corrected chi connectivity index (χ0v) is 28.4. The summed E-state index contributed by atoms with van der Waals surface area (Å²) in [6.07, 6.45) is 5.87. The maximum atomic E-state index is 12.9. The monoisotopic (exact) mass is 630 g/mol. The molecule has 0 bridgehead atoms. The highest BCUT2D eigenvalue weighted by atomic mass is 32.1. The topological polar surface area (TPSA) is 111 Å². The number of ether oxygens (including phenoxy) is 2. The first kappa shape index (κ1) is 33.2. The molecule has 2 unspecified atom stereocenters. The molecule has 0 saturated heterocycles. The summed E-state index contributed by atoms with van der Waals surface area (Å²) >= 11 is 2.92. The summed E-state index contributed by atoms with van der Waals surface area (Å²) in [6, 6.07) is 0. The van der Waals surface area contributed by atoms with Gasteiger partial charge in [0.25, 0.3) is 0 Å². The van der Waals surface area contributed by atoms with Crippen LogP contribution < -0.4 is 10.6 Å². The number of thiophene rings is 2. The number of esters is 2. The van der Waals surface area contributed by atoms with Crippen LogP contribution in [0.1, 0.15) is 115 Å². The van der Waals surface area contributed by atoms with Crippen molar-refractivity contribution in [3.8, 4) is 0 Å². The van der Waals surface area contributed by atoms with Crippen LogP contribution in [0.4, 0.5) is 10.0 Å². The summed E-state index contributed by atoms with van der Waals surface area (Å²) in [7, 11) is 2.71. The molecule has 2 heterocycles. The third-order valence-corrected chi connectivity index (χ3v) is 11.4. The van der Waals surface area contributed by atoms with Crippen LogP contribution >= 0.6 is 22.7 Å². The Balaban J connectivity index is 1.38. The minimum absolute atomic E-state index is 0.124. The Labute approximate surface area is 263 Å². The molecule has 0 saturated carbocycles. The van der Waals surface area contributed by atoms with Gasteiger partial charge in [-0.05, 0) is 78.7 Å². The van der Waals surface area contributed by atoms with Gasteiger partial charge in [0.2, 0.25) is 11.8 Å². The average molecular weight is 631 g/mol. The van der Waals surface area contributed by atoms with Crippen molar-refractivity contribution in [1.82, 2.24) is 0 Å². The number of carbonyl (C=O) groups is 4. The molecule has 43 heavy (non-hydrogen) atoms. The Morgan fingerprint density at radius 1 is 0.698 bits per heavy atom. The summed E-state index contributed by atoms with van der Waals surface area (Å²) in [5.41, 5.74) is 3.22. The third-order valence-electron chi connectivity index (χ3n) is 9.07. The van der Waals surface area contributed by atoms with E-state index in [0.29, 0.717) is 39.4 Å². The highest BCUT2D eigenvalue weighted by Gasteiger charge is 2.36. The predicted octanol–water partition coefficient (Wildman–Crippen LogP) is 7.43. The molecule has 2 aliphatic rings. The maximum absolute atomic E-state index is 12.9. The molecular formula is C33H46N2O6S2. The van der Waals surface area contributed by atoms with Crippen LogP contribution in [0.5, 0.6) is 0 Å². The van der Waals surface area contributed by atoms with Gasteiger partial charge in [-0.3, -0.25) is 9.59 Å². The molecule has 236 valence electrons. The van der Waals surface area contributed by atoms with Crippen molar-refractivity contribution in [2.75, 3.05) is 24.9 Å². The number of methoxy groups -OCH3 is 2. The second-order valence-electron chi connectivity index (χ2n) is 14.0. The number of rotatable bonds is 8. The molecule has 2 amide bonds. The molecule has 2 aromatic heterocycles. The minimum Gasteiger partial charge on any atom is -0.465 e. The molecule has 0 spiro atoms. The van der Waals surface area contributed by atoms with Crippen LogP contribution in [-0.2, 0) is 44.7 Å². The highest BCUT2D eigenvalue weighted by Crippen LogP contribution is 2.46. The van der Waals surface area contributed by atoms with Crippen molar-refractivity contribution in [3.63, 3.8) is 0 Å². The van der Waals surface area contributed by atoms with Gasteiger partial charge in [-0.25, -0.2) is 9.59 Å². The molecule has 0 fully saturated rings. The molecule has 0 aliphatic heterocycles. The van der Waals surface area contributed by atoms with E-state index in [0.717, 1.165) is 59.4 Å². The largest absolute Gasteiger partial charge is 0.465 e. The summed E-state index contributed by atoms with van der Waals surface area (Å²) in [5, 5.41) is 6.92. The first-order valence-electron chi connectivity index (χ1n) is 15.2. The van der Waals surface area contributed by atoms with Gasteiger partial charge in [-0.2, -0.15) is 0 Å². The number of amides is 2. The number of nitrogens with one attached hydrogen (secondary N) is 2. The van der Waals surface area contributed by atoms with Crippen molar-refractivity contribution in [2.45, 2.75) is 99.3 Å². The summed E-state index contributed by atoms with van der Waals surface area (Å²) in [6.45, 7) is 13.4. The second kappa shape index (κ2) is 13.1. The van der Waals surface area contributed by atoms with E-state index >= 15 is 0 Å². The van der Waals surface area contributed by atoms with E-state index in [1.165, 1.54) is 36.9 Å². The van der Waals surface area contributed by atoms with Crippen LogP contribution in [0.15, 0.2) is 0 Å². The Morgan fingerprint density at radius 3 is 1.40 bits per heavy atom. The number of carbonyl (C=O) groups excluding carboxylic acids is 4. The Bertz CT molecular complexity index is 1290. The first-order valence-corrected chi connectivity index (χ1v) is 16.8. The lowest BCUT2D eigenvalue weighted by atomic mass is 9.72. The average Bonchev–Trinajstić information content (AvgIpc) is 3.47. The van der Waals surface area contributed by atoms with Gasteiger partial charge in [0.1, 0.15) is 10.0 Å². The number of anilines is 2. The standard InChI is InChI=1S/C33H46N2O6S2/c1-32(2,3)18-12-14-20-22(16-18)42-28(26(20)30(38)40-7)34-24(36)10-9-11-25(37)35-29-27(31(39)41-8)21-15-13-19(33(4,5)6)17-23(21)43-29/h18-19H,9-17H2,1-8H3,(H,34,36)(H,35,37). The molecule has 2 atom stereocenters. The fourth-order valence-corrected chi connectivity index (χ4v) is 8.91. The summed E-state index contributed by atoms with van der Waals surface area (Å²) in [5.74, 6) is -0.372. The third kappa shape index (κ3) is 7.51. The molecule has 2 aromatic rings. The van der Waals surface area contributed by atoms with Gasteiger partial charge in [0, 0.05) is 22.6 Å². The lowest BCUT2D eigenvalue weighted by molar-refractivity contribution is -0.117. The van der Waals surface area contributed by atoms with Crippen LogP contribution in [0, 0.1) is 22.7 Å². The quantitative estimate of drug-likeness (QED) is 0.294. The van der Waals surface area contributed by atoms with E-state index in [1.807, 2.05) is 0 Å². The second-order valence-corrected chi connectivity index (χ2v) is 16.2. The van der Waals surface area contributed by atoms with Gasteiger partial charge in [0.05, 0.1) is 25.3 Å². The van der Waals surface area contributed by atoms with Crippen molar-refractivity contribution in [2.24, 2.45) is 22.7 Å². The molecule has 4 rings (SSSR count). The maximum Gasteiger partial charge on any atom is 0.341 e. The predicted molar refractivity (Wildman–Crippen MR) is 172 cm³/mol. The van der Waals surface area contributed by atoms with E-state index in [9.17, 15) is 19.2 Å². The van der Waals surface area contributed by atoms with E-state index in [-0.39, 0.29) is 35.5 Å². The zero-order chi connectivity index (χ0) is 31.7. The molecule has 2 aliphatic carbocycles. The number of fused-ring (bicyclic) bond motifs is 2. The highest BCUT2D eigenvalue weighted by molar-refractivity contribution is 7.17. The molecule has 0 aromatic carbocycles. The fraction of sp³-hybridized carbons (Fsp3) is 0.636. The van der Waals surface area contributed by atoms with Gasteiger partial charge >= 0.3 is 11.9 Å². The SMILES string of the molecule is COC(=O)c1c(NC(=O)CCCC(=O)Nc2sc3c(c2C(=O)OC)CCC(C(C)(C)C)C3)sc2c1CCC(C(C)(C)C)C2. The Hall–Kier alpha value is -2.72. The molecule has 0 radical (unpaired) electrons. The van der Waals surface area contributed by atoms with Crippen molar-refractivity contribution in [1.29, 1.82) is 0 Å². The number of hydrogen-bond acceptors (Lipinski definition) is 8. The number of hydrogen-bond donors (Lipinski definition) is 2. The first-order chi connectivity index (χ1) is 20.1.